The minimum absolute atomic E-state index is 0.0125. The van der Waals surface area contributed by atoms with Crippen LogP contribution in [0.15, 0.2) is 58.5 Å². The van der Waals surface area contributed by atoms with Crippen LogP contribution in [0.2, 0.25) is 0 Å². The summed E-state index contributed by atoms with van der Waals surface area (Å²) in [5, 5.41) is 5.84. The quantitative estimate of drug-likeness (QED) is 0.619. The third-order valence-electron chi connectivity index (χ3n) is 3.31. The summed E-state index contributed by atoms with van der Waals surface area (Å²) in [5.74, 6) is 2.66. The Bertz CT molecular complexity index is 754. The predicted molar refractivity (Wildman–Crippen MR) is 99.1 cm³/mol. The molecule has 2 heterocycles. The van der Waals surface area contributed by atoms with Crippen LogP contribution in [0, 0.1) is 0 Å². The van der Waals surface area contributed by atoms with Gasteiger partial charge in [-0.25, -0.2) is 4.98 Å². The molecule has 1 amide bonds. The van der Waals surface area contributed by atoms with Gasteiger partial charge >= 0.3 is 0 Å². The molecule has 0 saturated carbocycles. The van der Waals surface area contributed by atoms with Crippen molar-refractivity contribution in [2.24, 2.45) is 0 Å². The Kier molecular flexibility index (Phi) is 6.09. The fourth-order valence-corrected chi connectivity index (χ4v) is 3.74. The molecule has 0 aliphatic carbocycles. The maximum atomic E-state index is 12.0. The molecular formula is C18H18N2O2S2. The highest BCUT2D eigenvalue weighted by Crippen LogP contribution is 2.23. The second kappa shape index (κ2) is 8.70. The van der Waals surface area contributed by atoms with E-state index in [-0.39, 0.29) is 5.91 Å². The molecule has 24 heavy (non-hydrogen) atoms. The van der Waals surface area contributed by atoms with Gasteiger partial charge in [0.25, 0.3) is 0 Å². The van der Waals surface area contributed by atoms with Crippen molar-refractivity contribution in [2.75, 3.05) is 12.3 Å². The van der Waals surface area contributed by atoms with Crippen molar-refractivity contribution in [1.82, 2.24) is 10.3 Å². The van der Waals surface area contributed by atoms with Crippen LogP contribution in [-0.2, 0) is 17.0 Å². The van der Waals surface area contributed by atoms with Crippen molar-refractivity contribution >= 4 is 29.0 Å². The second-order valence-corrected chi connectivity index (χ2v) is 7.13. The molecule has 6 heteroatoms. The van der Waals surface area contributed by atoms with E-state index in [0.29, 0.717) is 13.0 Å². The highest BCUT2D eigenvalue weighted by atomic mass is 32.2. The Labute approximate surface area is 149 Å². The number of amides is 1. The first-order chi connectivity index (χ1) is 11.8. The summed E-state index contributed by atoms with van der Waals surface area (Å²) in [6.07, 6.45) is 2.00. The smallest absolute Gasteiger partial charge is 0.226 e. The lowest BCUT2D eigenvalue weighted by Gasteiger charge is -2.03. The number of thioether (sulfide) groups is 1. The van der Waals surface area contributed by atoms with Crippen molar-refractivity contribution < 1.29 is 9.21 Å². The summed E-state index contributed by atoms with van der Waals surface area (Å²) in [7, 11) is 0. The molecule has 3 aromatic rings. The first kappa shape index (κ1) is 16.8. The number of rotatable bonds is 8. The number of aromatic nitrogens is 1. The first-order valence-corrected chi connectivity index (χ1v) is 9.71. The minimum Gasteiger partial charge on any atom is -0.468 e. The maximum Gasteiger partial charge on any atom is 0.226 e. The zero-order chi connectivity index (χ0) is 16.6. The van der Waals surface area contributed by atoms with Gasteiger partial charge < -0.3 is 9.73 Å². The number of carbonyl (C=O) groups excluding carboxylic acids is 1. The summed E-state index contributed by atoms with van der Waals surface area (Å²) >= 11 is 3.31. The molecule has 0 fully saturated rings. The highest BCUT2D eigenvalue weighted by Gasteiger charge is 2.08. The number of benzene rings is 1. The lowest BCUT2D eigenvalue weighted by atomic mass is 10.2. The minimum atomic E-state index is 0.0125. The number of nitrogens with one attached hydrogen (secondary N) is 1. The average Bonchev–Trinajstić information content (AvgIpc) is 3.27. The highest BCUT2D eigenvalue weighted by molar-refractivity contribution is 7.98. The van der Waals surface area contributed by atoms with E-state index in [0.717, 1.165) is 33.5 Å². The van der Waals surface area contributed by atoms with Crippen molar-refractivity contribution in [3.8, 4) is 10.6 Å². The van der Waals surface area contributed by atoms with Crippen LogP contribution in [0.1, 0.15) is 11.5 Å². The number of hydrogen-bond donors (Lipinski definition) is 1. The molecule has 0 saturated heterocycles. The topological polar surface area (TPSA) is 55.1 Å². The molecule has 4 nitrogen and oxygen atoms in total. The van der Waals surface area contributed by atoms with Gasteiger partial charge in [-0.3, -0.25) is 4.79 Å². The molecule has 1 N–H and O–H groups in total. The van der Waals surface area contributed by atoms with Gasteiger partial charge in [0, 0.05) is 23.2 Å². The molecule has 0 atom stereocenters. The van der Waals surface area contributed by atoms with E-state index >= 15 is 0 Å². The monoisotopic (exact) mass is 358 g/mol. The number of carbonyl (C=O) groups is 1. The Balaban J connectivity index is 1.38. The number of hydrogen-bond acceptors (Lipinski definition) is 5. The zero-order valence-electron chi connectivity index (χ0n) is 13.1. The summed E-state index contributed by atoms with van der Waals surface area (Å²) < 4.78 is 5.26. The maximum absolute atomic E-state index is 12.0. The third kappa shape index (κ3) is 4.97. The molecule has 0 bridgehead atoms. The summed E-state index contributed by atoms with van der Waals surface area (Å²) in [6, 6.07) is 13.9. The van der Waals surface area contributed by atoms with Gasteiger partial charge in [0.2, 0.25) is 5.91 Å². The molecule has 1 aromatic carbocycles. The summed E-state index contributed by atoms with van der Waals surface area (Å²) in [6.45, 7) is 0.653. The van der Waals surface area contributed by atoms with E-state index in [1.807, 2.05) is 47.8 Å². The number of furan rings is 1. The van der Waals surface area contributed by atoms with Gasteiger partial charge in [0.1, 0.15) is 10.8 Å². The summed E-state index contributed by atoms with van der Waals surface area (Å²) in [4.78, 5) is 16.5. The molecule has 124 valence electrons. The lowest BCUT2D eigenvalue weighted by Crippen LogP contribution is -2.27. The largest absolute Gasteiger partial charge is 0.468 e. The van der Waals surface area contributed by atoms with Crippen LogP contribution < -0.4 is 5.32 Å². The SMILES string of the molecule is O=C(Cc1csc(-c2ccccc2)n1)NCCSCc1ccco1. The van der Waals surface area contributed by atoms with Crippen LogP contribution in [0.25, 0.3) is 10.6 Å². The van der Waals surface area contributed by atoms with Crippen molar-refractivity contribution in [1.29, 1.82) is 0 Å². The fraction of sp³-hybridized carbons (Fsp3) is 0.222. The molecular weight excluding hydrogens is 340 g/mol. The van der Waals surface area contributed by atoms with Crippen molar-refractivity contribution in [3.05, 3.63) is 65.6 Å². The lowest BCUT2D eigenvalue weighted by molar-refractivity contribution is -0.120. The Hall–Kier alpha value is -2.05. The van der Waals surface area contributed by atoms with Gasteiger partial charge in [-0.15, -0.1) is 11.3 Å². The van der Waals surface area contributed by atoms with Gasteiger partial charge in [0.05, 0.1) is 24.1 Å². The van der Waals surface area contributed by atoms with Gasteiger partial charge in [-0.2, -0.15) is 11.8 Å². The number of thiazole rings is 1. The van der Waals surface area contributed by atoms with E-state index in [2.05, 4.69) is 10.3 Å². The summed E-state index contributed by atoms with van der Waals surface area (Å²) in [5.41, 5.74) is 1.91. The van der Waals surface area contributed by atoms with Crippen LogP contribution in [0.4, 0.5) is 0 Å². The van der Waals surface area contributed by atoms with Gasteiger partial charge in [-0.05, 0) is 12.1 Å². The van der Waals surface area contributed by atoms with Crippen LogP contribution in [0.3, 0.4) is 0 Å². The first-order valence-electron chi connectivity index (χ1n) is 7.68. The molecule has 0 aliphatic rings. The normalized spacial score (nSPS) is 10.7. The van der Waals surface area contributed by atoms with E-state index in [9.17, 15) is 4.79 Å². The van der Waals surface area contributed by atoms with Crippen molar-refractivity contribution in [2.45, 2.75) is 12.2 Å². The standard InChI is InChI=1S/C18H18N2O2S2/c21-17(19-8-10-23-13-16-7-4-9-22-16)11-15-12-24-18(20-15)14-5-2-1-3-6-14/h1-7,9,12H,8,10-11,13H2,(H,19,21). The van der Waals surface area contributed by atoms with Crippen LogP contribution in [0.5, 0.6) is 0 Å². The van der Waals surface area contributed by atoms with E-state index in [4.69, 9.17) is 4.42 Å². The van der Waals surface area contributed by atoms with Crippen LogP contribution in [-0.4, -0.2) is 23.2 Å². The van der Waals surface area contributed by atoms with E-state index in [1.165, 1.54) is 0 Å². The molecule has 0 radical (unpaired) electrons. The van der Waals surface area contributed by atoms with E-state index in [1.54, 1.807) is 29.4 Å². The predicted octanol–water partition coefficient (Wildman–Crippen LogP) is 4.00. The Morgan fingerprint density at radius 3 is 2.88 bits per heavy atom. The van der Waals surface area contributed by atoms with E-state index < -0.39 is 0 Å². The van der Waals surface area contributed by atoms with Gasteiger partial charge in [-0.1, -0.05) is 30.3 Å². The zero-order valence-corrected chi connectivity index (χ0v) is 14.7. The molecule has 3 rings (SSSR count). The third-order valence-corrected chi connectivity index (χ3v) is 5.23. The molecule has 2 aromatic heterocycles. The van der Waals surface area contributed by atoms with Crippen molar-refractivity contribution in [3.63, 3.8) is 0 Å². The number of nitrogens with zero attached hydrogens (tertiary/aromatic N) is 1. The second-order valence-electron chi connectivity index (χ2n) is 5.17. The average molecular weight is 358 g/mol. The molecule has 0 aliphatic heterocycles. The molecule has 0 unspecified atom stereocenters. The van der Waals surface area contributed by atoms with Gasteiger partial charge in [0.15, 0.2) is 0 Å². The van der Waals surface area contributed by atoms with Crippen LogP contribution >= 0.6 is 23.1 Å². The molecule has 0 spiro atoms. The fourth-order valence-electron chi connectivity index (χ4n) is 2.16. The Morgan fingerprint density at radius 2 is 2.08 bits per heavy atom. The Morgan fingerprint density at radius 1 is 1.21 bits per heavy atom.